The summed E-state index contributed by atoms with van der Waals surface area (Å²) in [4.78, 5) is 0. The molecule has 0 aliphatic heterocycles. The van der Waals surface area contributed by atoms with Crippen LogP contribution < -0.4 is 10.1 Å². The van der Waals surface area contributed by atoms with E-state index in [4.69, 9.17) is 9.47 Å². The van der Waals surface area contributed by atoms with Gasteiger partial charge in [0, 0.05) is 25.3 Å². The van der Waals surface area contributed by atoms with Crippen molar-refractivity contribution in [2.24, 2.45) is 0 Å². The van der Waals surface area contributed by atoms with Crippen LogP contribution in [0.5, 0.6) is 5.75 Å². The minimum atomic E-state index is 0.667. The Balaban J connectivity index is 2.22. The van der Waals surface area contributed by atoms with Gasteiger partial charge in [-0.1, -0.05) is 30.4 Å². The minimum absolute atomic E-state index is 0.667. The molecule has 0 atom stereocenters. The van der Waals surface area contributed by atoms with Crippen LogP contribution in [0.1, 0.15) is 19.4 Å². The van der Waals surface area contributed by atoms with E-state index in [0.717, 1.165) is 37.6 Å². The van der Waals surface area contributed by atoms with Gasteiger partial charge in [0.2, 0.25) is 0 Å². The average molecular weight is 249 g/mol. The molecule has 0 heterocycles. The second kappa shape index (κ2) is 9.68. The van der Waals surface area contributed by atoms with Gasteiger partial charge in [-0.3, -0.25) is 0 Å². The summed E-state index contributed by atoms with van der Waals surface area (Å²) < 4.78 is 11.0. The molecule has 0 amide bonds. The molecule has 1 N–H and O–H groups in total. The predicted molar refractivity (Wildman–Crippen MR) is 76.0 cm³/mol. The highest BCUT2D eigenvalue weighted by Gasteiger charge is 1.98. The van der Waals surface area contributed by atoms with Crippen molar-refractivity contribution in [2.45, 2.75) is 13.8 Å². The number of rotatable bonds is 9. The normalized spacial score (nSPS) is 11.0. The van der Waals surface area contributed by atoms with Crippen LogP contribution in [0.4, 0.5) is 0 Å². The number of hydrogen-bond acceptors (Lipinski definition) is 3. The molecule has 0 spiro atoms. The first-order valence-electron chi connectivity index (χ1n) is 6.51. The molecule has 0 unspecified atom stereocenters. The molecule has 0 saturated carbocycles. The SMILES string of the molecule is CC=Cc1ccccc1OCCNCCOCC. The summed E-state index contributed by atoms with van der Waals surface area (Å²) in [6.07, 6.45) is 4.07. The highest BCUT2D eigenvalue weighted by atomic mass is 16.5. The van der Waals surface area contributed by atoms with Gasteiger partial charge in [0.25, 0.3) is 0 Å². The molecule has 3 nitrogen and oxygen atoms in total. The molecule has 3 heteroatoms. The molecule has 0 saturated heterocycles. The Hall–Kier alpha value is -1.32. The van der Waals surface area contributed by atoms with E-state index >= 15 is 0 Å². The van der Waals surface area contributed by atoms with Crippen LogP contribution in [0.25, 0.3) is 6.08 Å². The van der Waals surface area contributed by atoms with Gasteiger partial charge in [-0.15, -0.1) is 0 Å². The van der Waals surface area contributed by atoms with E-state index in [-0.39, 0.29) is 0 Å². The lowest BCUT2D eigenvalue weighted by molar-refractivity contribution is 0.148. The van der Waals surface area contributed by atoms with Gasteiger partial charge in [0.1, 0.15) is 12.4 Å². The zero-order valence-corrected chi connectivity index (χ0v) is 11.3. The molecule has 1 aromatic rings. The van der Waals surface area contributed by atoms with E-state index in [2.05, 4.69) is 17.5 Å². The fraction of sp³-hybridized carbons (Fsp3) is 0.467. The molecule has 0 radical (unpaired) electrons. The second-order valence-electron chi connectivity index (χ2n) is 3.83. The van der Waals surface area contributed by atoms with Gasteiger partial charge in [0.15, 0.2) is 0 Å². The maximum absolute atomic E-state index is 5.74. The fourth-order valence-electron chi connectivity index (χ4n) is 1.58. The molecular weight excluding hydrogens is 226 g/mol. The monoisotopic (exact) mass is 249 g/mol. The molecule has 100 valence electrons. The highest BCUT2D eigenvalue weighted by molar-refractivity contribution is 5.56. The standard InChI is InChI=1S/C15H23NO2/c1-3-7-14-8-5-6-9-15(14)18-13-11-16-10-12-17-4-2/h3,5-9,16H,4,10-13H2,1-2H3. The van der Waals surface area contributed by atoms with Crippen molar-refractivity contribution < 1.29 is 9.47 Å². The quantitative estimate of drug-likeness (QED) is 0.683. The van der Waals surface area contributed by atoms with Crippen LogP contribution in [0.15, 0.2) is 30.3 Å². The molecular formula is C15H23NO2. The van der Waals surface area contributed by atoms with Crippen molar-refractivity contribution in [3.05, 3.63) is 35.9 Å². The predicted octanol–water partition coefficient (Wildman–Crippen LogP) is 2.72. The lowest BCUT2D eigenvalue weighted by atomic mass is 10.2. The highest BCUT2D eigenvalue weighted by Crippen LogP contribution is 2.18. The summed E-state index contributed by atoms with van der Waals surface area (Å²) in [6.45, 7) is 7.90. The molecule has 0 fully saturated rings. The first-order valence-corrected chi connectivity index (χ1v) is 6.51. The van der Waals surface area contributed by atoms with Crippen molar-refractivity contribution in [3.8, 4) is 5.75 Å². The Morgan fingerprint density at radius 1 is 1.17 bits per heavy atom. The van der Waals surface area contributed by atoms with Gasteiger partial charge in [-0.25, -0.2) is 0 Å². The van der Waals surface area contributed by atoms with Crippen molar-refractivity contribution in [3.63, 3.8) is 0 Å². The summed E-state index contributed by atoms with van der Waals surface area (Å²) in [5.74, 6) is 0.933. The Morgan fingerprint density at radius 3 is 2.72 bits per heavy atom. The molecule has 0 aliphatic rings. The Kier molecular flexibility index (Phi) is 7.93. The summed E-state index contributed by atoms with van der Waals surface area (Å²) in [7, 11) is 0. The average Bonchev–Trinajstić information content (AvgIpc) is 2.40. The number of allylic oxidation sites excluding steroid dienone is 1. The molecule has 0 aliphatic carbocycles. The van der Waals surface area contributed by atoms with E-state index in [1.165, 1.54) is 0 Å². The molecule has 1 rings (SSSR count). The van der Waals surface area contributed by atoms with Gasteiger partial charge < -0.3 is 14.8 Å². The van der Waals surface area contributed by atoms with E-state index in [0.29, 0.717) is 6.61 Å². The first kappa shape index (κ1) is 14.7. The van der Waals surface area contributed by atoms with E-state index in [9.17, 15) is 0 Å². The van der Waals surface area contributed by atoms with Crippen LogP contribution in [-0.4, -0.2) is 32.9 Å². The number of nitrogens with one attached hydrogen (secondary N) is 1. The molecule has 18 heavy (non-hydrogen) atoms. The largest absolute Gasteiger partial charge is 0.492 e. The Morgan fingerprint density at radius 2 is 1.94 bits per heavy atom. The van der Waals surface area contributed by atoms with Crippen molar-refractivity contribution in [1.82, 2.24) is 5.32 Å². The summed E-state index contributed by atoms with van der Waals surface area (Å²) in [5, 5.41) is 3.27. The third kappa shape index (κ3) is 5.84. The fourth-order valence-corrected chi connectivity index (χ4v) is 1.58. The summed E-state index contributed by atoms with van der Waals surface area (Å²) in [6, 6.07) is 8.06. The second-order valence-corrected chi connectivity index (χ2v) is 3.83. The van der Waals surface area contributed by atoms with Crippen LogP contribution in [0.3, 0.4) is 0 Å². The van der Waals surface area contributed by atoms with Gasteiger partial charge in [-0.05, 0) is 19.9 Å². The summed E-state index contributed by atoms with van der Waals surface area (Å²) >= 11 is 0. The maximum Gasteiger partial charge on any atom is 0.126 e. The van der Waals surface area contributed by atoms with E-state index in [1.807, 2.05) is 38.1 Å². The molecule has 0 bridgehead atoms. The van der Waals surface area contributed by atoms with Crippen LogP contribution in [0, 0.1) is 0 Å². The third-order valence-corrected chi connectivity index (χ3v) is 2.43. The Labute approximate surface area is 110 Å². The smallest absolute Gasteiger partial charge is 0.126 e. The van der Waals surface area contributed by atoms with E-state index in [1.54, 1.807) is 0 Å². The van der Waals surface area contributed by atoms with Crippen molar-refractivity contribution in [1.29, 1.82) is 0 Å². The van der Waals surface area contributed by atoms with Crippen LogP contribution in [0.2, 0.25) is 0 Å². The van der Waals surface area contributed by atoms with Crippen LogP contribution in [-0.2, 0) is 4.74 Å². The number of hydrogen-bond donors (Lipinski definition) is 1. The van der Waals surface area contributed by atoms with Gasteiger partial charge in [0.05, 0.1) is 6.61 Å². The van der Waals surface area contributed by atoms with Crippen molar-refractivity contribution in [2.75, 3.05) is 32.9 Å². The Bertz CT molecular complexity index is 350. The maximum atomic E-state index is 5.74. The minimum Gasteiger partial charge on any atom is -0.492 e. The zero-order valence-electron chi connectivity index (χ0n) is 11.3. The zero-order chi connectivity index (χ0) is 13.1. The topological polar surface area (TPSA) is 30.5 Å². The number of para-hydroxylation sites is 1. The van der Waals surface area contributed by atoms with Crippen LogP contribution >= 0.6 is 0 Å². The lowest BCUT2D eigenvalue weighted by Crippen LogP contribution is -2.25. The first-order chi connectivity index (χ1) is 8.88. The van der Waals surface area contributed by atoms with Gasteiger partial charge >= 0.3 is 0 Å². The van der Waals surface area contributed by atoms with E-state index < -0.39 is 0 Å². The third-order valence-electron chi connectivity index (χ3n) is 2.43. The summed E-state index contributed by atoms with van der Waals surface area (Å²) in [5.41, 5.74) is 1.12. The van der Waals surface area contributed by atoms with Gasteiger partial charge in [-0.2, -0.15) is 0 Å². The van der Waals surface area contributed by atoms with Crippen molar-refractivity contribution >= 4 is 6.08 Å². The number of benzene rings is 1. The lowest BCUT2D eigenvalue weighted by Gasteiger charge is -2.10. The number of ether oxygens (including phenoxy) is 2. The molecule has 0 aromatic heterocycles. The molecule has 1 aromatic carbocycles.